The predicted molar refractivity (Wildman–Crippen MR) is 133 cm³/mol. The second kappa shape index (κ2) is 8.93. The van der Waals surface area contributed by atoms with E-state index < -0.39 is 29.2 Å². The molecule has 3 heterocycles. The van der Waals surface area contributed by atoms with Crippen LogP contribution in [-0.4, -0.2) is 41.1 Å². The molecule has 1 saturated heterocycles. The Morgan fingerprint density at radius 1 is 0.816 bits per heavy atom. The van der Waals surface area contributed by atoms with Crippen LogP contribution in [-0.2, 0) is 6.18 Å². The lowest BCUT2D eigenvalue weighted by Crippen LogP contribution is -2.47. The van der Waals surface area contributed by atoms with Crippen LogP contribution in [0.4, 0.5) is 38.1 Å². The Labute approximate surface area is 212 Å². The Kier molecular flexibility index (Phi) is 5.66. The maximum Gasteiger partial charge on any atom is 0.416 e. The summed E-state index contributed by atoms with van der Waals surface area (Å²) >= 11 is 0. The zero-order valence-electron chi connectivity index (χ0n) is 19.7. The van der Waals surface area contributed by atoms with Crippen LogP contribution in [0.3, 0.4) is 0 Å². The van der Waals surface area contributed by atoms with E-state index in [1.807, 2.05) is 35.2 Å². The van der Waals surface area contributed by atoms with E-state index in [4.69, 9.17) is 0 Å². The highest BCUT2D eigenvalue weighted by molar-refractivity contribution is 5.94. The number of alkyl halides is 3. The number of hydrogen-bond donors (Lipinski definition) is 1. The average Bonchev–Trinajstić information content (AvgIpc) is 3.35. The van der Waals surface area contributed by atoms with Crippen LogP contribution >= 0.6 is 0 Å². The Hall–Kier alpha value is -4.28. The predicted octanol–water partition coefficient (Wildman–Crippen LogP) is 6.54. The van der Waals surface area contributed by atoms with Crippen molar-refractivity contribution in [1.82, 2.24) is 15.0 Å². The number of imidazole rings is 1. The summed E-state index contributed by atoms with van der Waals surface area (Å²) in [5.74, 6) is -3.51. The van der Waals surface area contributed by atoms with Gasteiger partial charge in [0.1, 0.15) is 5.82 Å². The van der Waals surface area contributed by atoms with Gasteiger partial charge in [0.25, 0.3) is 0 Å². The van der Waals surface area contributed by atoms with Crippen LogP contribution in [0, 0.1) is 17.5 Å². The minimum absolute atomic E-state index is 0.0203. The zero-order valence-corrected chi connectivity index (χ0v) is 19.7. The Morgan fingerprint density at radius 2 is 1.50 bits per heavy atom. The van der Waals surface area contributed by atoms with E-state index in [1.54, 1.807) is 6.20 Å². The molecule has 3 aromatic carbocycles. The van der Waals surface area contributed by atoms with Gasteiger partial charge >= 0.3 is 6.18 Å². The van der Waals surface area contributed by atoms with Crippen molar-refractivity contribution in [2.75, 3.05) is 36.0 Å². The molecule has 0 atom stereocenters. The van der Waals surface area contributed by atoms with Crippen LogP contribution in [0.2, 0.25) is 0 Å². The van der Waals surface area contributed by atoms with Gasteiger partial charge in [0, 0.05) is 43.3 Å². The summed E-state index contributed by atoms with van der Waals surface area (Å²) in [5, 5.41) is 2.09. The fraction of sp³-hybridized carbons (Fsp3) is 0.185. The smallest absolute Gasteiger partial charge is 0.353 e. The first-order valence-electron chi connectivity index (χ1n) is 11.8. The molecule has 1 aliphatic heterocycles. The van der Waals surface area contributed by atoms with E-state index in [1.165, 1.54) is 0 Å². The quantitative estimate of drug-likeness (QED) is 0.214. The second-order valence-electron chi connectivity index (χ2n) is 9.06. The summed E-state index contributed by atoms with van der Waals surface area (Å²) in [6.45, 7) is 2.19. The molecule has 5 aromatic rings. The number of fused-ring (bicyclic) bond motifs is 2. The molecule has 0 unspecified atom stereocenters. The molecule has 194 valence electrons. The topological polar surface area (TPSA) is 48.1 Å². The van der Waals surface area contributed by atoms with Crippen LogP contribution in [0.5, 0.6) is 0 Å². The SMILES string of the molecule is Fc1cc(-c2cc(C(F)(F)F)cc3nc(N4CCN(c5nccc6ccccc56)CC4)[nH]c23)cc(F)c1F. The molecular formula is C27H19F6N5. The lowest BCUT2D eigenvalue weighted by atomic mass is 10.0. The first kappa shape index (κ1) is 24.1. The van der Waals surface area contributed by atoms with Gasteiger partial charge in [-0.15, -0.1) is 0 Å². The summed E-state index contributed by atoms with van der Waals surface area (Å²) < 4.78 is 82.4. The van der Waals surface area contributed by atoms with E-state index in [0.717, 1.165) is 28.7 Å². The molecule has 2 aromatic heterocycles. The lowest BCUT2D eigenvalue weighted by Gasteiger charge is -2.35. The van der Waals surface area contributed by atoms with E-state index >= 15 is 0 Å². The number of nitrogens with one attached hydrogen (secondary N) is 1. The monoisotopic (exact) mass is 527 g/mol. The number of hydrogen-bond acceptors (Lipinski definition) is 4. The largest absolute Gasteiger partial charge is 0.416 e. The molecule has 0 amide bonds. The minimum Gasteiger partial charge on any atom is -0.353 e. The summed E-state index contributed by atoms with van der Waals surface area (Å²) in [5.41, 5.74) is -1.26. The fourth-order valence-electron chi connectivity index (χ4n) is 4.84. The van der Waals surface area contributed by atoms with E-state index in [0.29, 0.717) is 44.3 Å². The highest BCUT2D eigenvalue weighted by atomic mass is 19.4. The first-order valence-corrected chi connectivity index (χ1v) is 11.8. The molecule has 6 rings (SSSR count). The van der Waals surface area contributed by atoms with Gasteiger partial charge in [-0.2, -0.15) is 13.2 Å². The molecule has 1 N–H and O–H groups in total. The average molecular weight is 527 g/mol. The van der Waals surface area contributed by atoms with E-state index in [9.17, 15) is 26.3 Å². The molecule has 0 radical (unpaired) electrons. The van der Waals surface area contributed by atoms with E-state index in [-0.39, 0.29) is 22.2 Å². The third kappa shape index (κ3) is 4.17. The molecule has 5 nitrogen and oxygen atoms in total. The Balaban J connectivity index is 1.35. The highest BCUT2D eigenvalue weighted by Gasteiger charge is 2.33. The molecule has 0 aliphatic carbocycles. The molecule has 1 aliphatic rings. The molecule has 0 saturated carbocycles. The summed E-state index contributed by atoms with van der Waals surface area (Å²) in [7, 11) is 0. The number of pyridine rings is 1. The summed E-state index contributed by atoms with van der Waals surface area (Å²) in [6.07, 6.45) is -2.97. The highest BCUT2D eigenvalue weighted by Crippen LogP contribution is 2.38. The Bertz CT molecular complexity index is 1640. The number of piperazine rings is 1. The maximum atomic E-state index is 13.9. The van der Waals surface area contributed by atoms with Crippen LogP contribution in [0.15, 0.2) is 60.8 Å². The third-order valence-electron chi connectivity index (χ3n) is 6.73. The van der Waals surface area contributed by atoms with Crippen LogP contribution in [0.1, 0.15) is 5.56 Å². The van der Waals surface area contributed by atoms with Crippen molar-refractivity contribution in [1.29, 1.82) is 0 Å². The van der Waals surface area contributed by atoms with Gasteiger partial charge < -0.3 is 14.8 Å². The number of halogens is 6. The lowest BCUT2D eigenvalue weighted by molar-refractivity contribution is -0.137. The summed E-state index contributed by atoms with van der Waals surface area (Å²) in [6, 6.07) is 12.9. The zero-order chi connectivity index (χ0) is 26.6. The second-order valence-corrected chi connectivity index (χ2v) is 9.06. The van der Waals surface area contributed by atoms with Crippen molar-refractivity contribution in [3.8, 4) is 11.1 Å². The van der Waals surface area contributed by atoms with Crippen LogP contribution < -0.4 is 9.80 Å². The standard InChI is InChI=1S/C27H19F6N5/c28-20-11-16(12-21(29)23(20)30)19-13-17(27(31,32)33)14-22-24(19)36-26(35-22)38-9-7-37(8-10-38)25-18-4-2-1-3-15(18)5-6-34-25/h1-6,11-14H,7-10H2,(H,35,36). The maximum absolute atomic E-state index is 13.9. The molecule has 0 bridgehead atoms. The number of aromatic amines is 1. The van der Waals surface area contributed by atoms with Gasteiger partial charge in [-0.25, -0.2) is 23.1 Å². The minimum atomic E-state index is -4.73. The van der Waals surface area contributed by atoms with Gasteiger partial charge in [-0.05, 0) is 41.3 Å². The van der Waals surface area contributed by atoms with Gasteiger partial charge in [-0.1, -0.05) is 24.3 Å². The molecule has 11 heteroatoms. The van der Waals surface area contributed by atoms with Gasteiger partial charge in [0.15, 0.2) is 17.5 Å². The van der Waals surface area contributed by atoms with Gasteiger partial charge in [-0.3, -0.25) is 0 Å². The summed E-state index contributed by atoms with van der Waals surface area (Å²) in [4.78, 5) is 16.0. The van der Waals surface area contributed by atoms with Crippen molar-refractivity contribution >= 4 is 33.6 Å². The van der Waals surface area contributed by atoms with Crippen LogP contribution in [0.25, 0.3) is 32.9 Å². The number of H-pyrrole nitrogens is 1. The first-order chi connectivity index (χ1) is 18.2. The number of benzene rings is 3. The molecular weight excluding hydrogens is 508 g/mol. The van der Waals surface area contributed by atoms with Gasteiger partial charge in [0.2, 0.25) is 5.95 Å². The van der Waals surface area contributed by atoms with E-state index in [2.05, 4.69) is 19.9 Å². The van der Waals surface area contributed by atoms with Crippen molar-refractivity contribution in [3.05, 3.63) is 83.8 Å². The number of aromatic nitrogens is 3. The molecule has 38 heavy (non-hydrogen) atoms. The third-order valence-corrected chi connectivity index (χ3v) is 6.73. The van der Waals surface area contributed by atoms with Crippen molar-refractivity contribution in [3.63, 3.8) is 0 Å². The fourth-order valence-corrected chi connectivity index (χ4v) is 4.84. The van der Waals surface area contributed by atoms with Crippen molar-refractivity contribution in [2.45, 2.75) is 6.18 Å². The number of nitrogens with zero attached hydrogens (tertiary/aromatic N) is 4. The number of rotatable bonds is 3. The number of anilines is 2. The molecule has 1 fully saturated rings. The Morgan fingerprint density at radius 3 is 2.21 bits per heavy atom. The van der Waals surface area contributed by atoms with Crippen molar-refractivity contribution < 1.29 is 26.3 Å². The normalized spacial score (nSPS) is 14.6. The van der Waals surface area contributed by atoms with Gasteiger partial charge in [0.05, 0.1) is 16.6 Å². The molecule has 0 spiro atoms. The van der Waals surface area contributed by atoms with Crippen molar-refractivity contribution in [2.24, 2.45) is 0 Å².